The van der Waals surface area contributed by atoms with E-state index in [0.717, 1.165) is 24.1 Å². The summed E-state index contributed by atoms with van der Waals surface area (Å²) in [7, 11) is 3.25. The van der Waals surface area contributed by atoms with Crippen LogP contribution in [0.1, 0.15) is 22.7 Å². The van der Waals surface area contributed by atoms with Gasteiger partial charge < -0.3 is 14.8 Å². The Labute approximate surface area is 181 Å². The van der Waals surface area contributed by atoms with Crippen LogP contribution < -0.4 is 14.8 Å². The van der Waals surface area contributed by atoms with Crippen molar-refractivity contribution in [3.05, 3.63) is 89.2 Å². The Kier molecular flexibility index (Phi) is 6.18. The average Bonchev–Trinajstić information content (AvgIpc) is 2.80. The molecule has 160 valence electrons. The highest BCUT2D eigenvalue weighted by Gasteiger charge is 2.31. The van der Waals surface area contributed by atoms with Crippen LogP contribution in [0.25, 0.3) is 0 Å². The number of nitrogens with one attached hydrogen (secondary N) is 1. The van der Waals surface area contributed by atoms with E-state index in [-0.39, 0.29) is 11.7 Å². The van der Waals surface area contributed by atoms with Gasteiger partial charge in [-0.2, -0.15) is 0 Å². The highest BCUT2D eigenvalue weighted by molar-refractivity contribution is 5.95. The highest BCUT2D eigenvalue weighted by atomic mass is 19.1. The monoisotopic (exact) mass is 420 g/mol. The third-order valence-electron chi connectivity index (χ3n) is 5.59. The molecule has 4 rings (SSSR count). The molecule has 0 saturated heterocycles. The lowest BCUT2D eigenvalue weighted by molar-refractivity contribution is -0.122. The molecule has 3 aromatic rings. The molecule has 1 N–H and O–H groups in total. The Morgan fingerprint density at radius 1 is 0.968 bits per heavy atom. The topological polar surface area (TPSA) is 50.8 Å². The number of hydrogen-bond donors (Lipinski definition) is 1. The van der Waals surface area contributed by atoms with Gasteiger partial charge in [0, 0.05) is 18.8 Å². The normalized spacial score (nSPS) is 14.4. The summed E-state index contributed by atoms with van der Waals surface area (Å²) in [5.41, 5.74) is 3.78. The fraction of sp³-hybridized carbons (Fsp3) is 0.240. The molecule has 0 saturated carbocycles. The number of halogens is 1. The van der Waals surface area contributed by atoms with Gasteiger partial charge in [0.25, 0.3) is 0 Å². The number of amides is 1. The molecule has 6 heteroatoms. The van der Waals surface area contributed by atoms with Crippen LogP contribution in [0.5, 0.6) is 11.5 Å². The third-order valence-corrected chi connectivity index (χ3v) is 5.59. The van der Waals surface area contributed by atoms with E-state index in [1.807, 2.05) is 42.5 Å². The van der Waals surface area contributed by atoms with Gasteiger partial charge in [-0.1, -0.05) is 30.3 Å². The second-order valence-corrected chi connectivity index (χ2v) is 7.51. The fourth-order valence-electron chi connectivity index (χ4n) is 4.03. The Balaban J connectivity index is 1.63. The zero-order valence-corrected chi connectivity index (χ0v) is 17.6. The van der Waals surface area contributed by atoms with Crippen LogP contribution in [0.15, 0.2) is 66.7 Å². The van der Waals surface area contributed by atoms with Crippen LogP contribution in [0.2, 0.25) is 0 Å². The molecule has 0 aliphatic carbocycles. The van der Waals surface area contributed by atoms with Crippen molar-refractivity contribution in [3.8, 4) is 11.5 Å². The molecule has 0 unspecified atom stereocenters. The van der Waals surface area contributed by atoms with E-state index in [1.165, 1.54) is 17.7 Å². The molecule has 0 spiro atoms. The molecular formula is C25H25FN2O3. The minimum atomic E-state index is -0.479. The third kappa shape index (κ3) is 4.54. The first-order chi connectivity index (χ1) is 15.1. The number of anilines is 1. The van der Waals surface area contributed by atoms with Crippen LogP contribution in [0.4, 0.5) is 10.1 Å². The molecule has 0 radical (unpaired) electrons. The summed E-state index contributed by atoms with van der Waals surface area (Å²) >= 11 is 0. The second-order valence-electron chi connectivity index (χ2n) is 7.51. The quantitative estimate of drug-likeness (QED) is 0.634. The number of carbonyl (C=O) groups excluding carboxylic acids is 1. The number of carbonyl (C=O) groups is 1. The van der Waals surface area contributed by atoms with E-state index in [2.05, 4.69) is 10.2 Å². The molecule has 3 aromatic carbocycles. The SMILES string of the molecule is COc1cc2c(cc1OC)CN([C@@H](C(=O)Nc1ccc(F)cc1)c1ccccc1)CC2. The molecule has 1 heterocycles. The number of fused-ring (bicyclic) bond motifs is 1. The standard InChI is InChI=1S/C25H25FN2O3/c1-30-22-14-18-12-13-28(16-19(18)15-23(22)31-2)24(17-6-4-3-5-7-17)25(29)27-21-10-8-20(26)9-11-21/h3-11,14-15,24H,12-13,16H2,1-2H3,(H,27,29)/t24-/m1/s1. The van der Waals surface area contributed by atoms with E-state index < -0.39 is 6.04 Å². The van der Waals surface area contributed by atoms with E-state index in [0.29, 0.717) is 23.7 Å². The Hall–Kier alpha value is -3.38. The summed E-state index contributed by atoms with van der Waals surface area (Å²) in [5.74, 6) is 0.898. The lowest BCUT2D eigenvalue weighted by Gasteiger charge is -2.35. The Bertz CT molecular complexity index is 1050. The molecular weight excluding hydrogens is 395 g/mol. The molecule has 0 bridgehead atoms. The summed E-state index contributed by atoms with van der Waals surface area (Å²) in [6, 6.07) is 19.0. The van der Waals surface area contributed by atoms with Gasteiger partial charge in [-0.25, -0.2) is 4.39 Å². The van der Waals surface area contributed by atoms with Gasteiger partial charge in [-0.15, -0.1) is 0 Å². The molecule has 0 fully saturated rings. The van der Waals surface area contributed by atoms with E-state index in [9.17, 15) is 9.18 Å². The smallest absolute Gasteiger partial charge is 0.246 e. The van der Waals surface area contributed by atoms with E-state index in [4.69, 9.17) is 9.47 Å². The van der Waals surface area contributed by atoms with Crippen LogP contribution in [-0.4, -0.2) is 31.6 Å². The van der Waals surface area contributed by atoms with E-state index in [1.54, 1.807) is 26.4 Å². The predicted octanol–water partition coefficient (Wildman–Crippen LogP) is 4.58. The van der Waals surface area contributed by atoms with Crippen molar-refractivity contribution >= 4 is 11.6 Å². The number of nitrogens with zero attached hydrogens (tertiary/aromatic N) is 1. The van der Waals surface area contributed by atoms with Crippen molar-refractivity contribution in [1.82, 2.24) is 4.90 Å². The van der Waals surface area contributed by atoms with Crippen molar-refractivity contribution in [2.75, 3.05) is 26.1 Å². The van der Waals surface area contributed by atoms with Gasteiger partial charge in [0.15, 0.2) is 11.5 Å². The second kappa shape index (κ2) is 9.18. The Morgan fingerprint density at radius 2 is 1.61 bits per heavy atom. The maximum atomic E-state index is 13.3. The first-order valence-electron chi connectivity index (χ1n) is 10.2. The number of hydrogen-bond acceptors (Lipinski definition) is 4. The maximum absolute atomic E-state index is 13.3. The van der Waals surface area contributed by atoms with Crippen LogP contribution >= 0.6 is 0 Å². The summed E-state index contributed by atoms with van der Waals surface area (Å²) in [6.45, 7) is 1.32. The van der Waals surface area contributed by atoms with Crippen molar-refractivity contribution in [2.45, 2.75) is 19.0 Å². The van der Waals surface area contributed by atoms with E-state index >= 15 is 0 Å². The van der Waals surface area contributed by atoms with Crippen molar-refractivity contribution in [1.29, 1.82) is 0 Å². The summed E-state index contributed by atoms with van der Waals surface area (Å²) in [6.07, 6.45) is 0.794. The van der Waals surface area contributed by atoms with Crippen LogP contribution in [-0.2, 0) is 17.8 Å². The van der Waals surface area contributed by atoms with Gasteiger partial charge in [-0.3, -0.25) is 9.69 Å². The van der Waals surface area contributed by atoms with Crippen molar-refractivity contribution in [3.63, 3.8) is 0 Å². The van der Waals surface area contributed by atoms with Crippen molar-refractivity contribution in [2.24, 2.45) is 0 Å². The zero-order chi connectivity index (χ0) is 21.8. The van der Waals surface area contributed by atoms with Gasteiger partial charge in [0.2, 0.25) is 5.91 Å². The first-order valence-corrected chi connectivity index (χ1v) is 10.2. The largest absolute Gasteiger partial charge is 0.493 e. The lowest BCUT2D eigenvalue weighted by Crippen LogP contribution is -2.40. The number of methoxy groups -OCH3 is 2. The van der Waals surface area contributed by atoms with Gasteiger partial charge in [-0.05, 0) is 59.5 Å². The molecule has 1 aliphatic heterocycles. The lowest BCUT2D eigenvalue weighted by atomic mass is 9.95. The maximum Gasteiger partial charge on any atom is 0.246 e. The molecule has 31 heavy (non-hydrogen) atoms. The summed E-state index contributed by atoms with van der Waals surface area (Å²) < 4.78 is 24.1. The fourth-order valence-corrected chi connectivity index (χ4v) is 4.03. The van der Waals surface area contributed by atoms with Gasteiger partial charge in [0.05, 0.1) is 14.2 Å². The highest BCUT2D eigenvalue weighted by Crippen LogP contribution is 2.35. The molecule has 5 nitrogen and oxygen atoms in total. The van der Waals surface area contributed by atoms with Gasteiger partial charge in [0.1, 0.15) is 11.9 Å². The number of ether oxygens (including phenoxy) is 2. The number of benzene rings is 3. The number of rotatable bonds is 6. The Morgan fingerprint density at radius 3 is 2.26 bits per heavy atom. The average molecular weight is 420 g/mol. The van der Waals surface area contributed by atoms with Crippen LogP contribution in [0.3, 0.4) is 0 Å². The molecule has 1 atom stereocenters. The molecule has 0 aromatic heterocycles. The van der Waals surface area contributed by atoms with Crippen LogP contribution in [0, 0.1) is 5.82 Å². The minimum Gasteiger partial charge on any atom is -0.493 e. The van der Waals surface area contributed by atoms with Crippen molar-refractivity contribution < 1.29 is 18.7 Å². The summed E-state index contributed by atoms with van der Waals surface area (Å²) in [4.78, 5) is 15.5. The predicted molar refractivity (Wildman–Crippen MR) is 118 cm³/mol. The van der Waals surface area contributed by atoms with Gasteiger partial charge >= 0.3 is 0 Å². The summed E-state index contributed by atoms with van der Waals surface area (Å²) in [5, 5.41) is 2.94. The zero-order valence-electron chi connectivity index (χ0n) is 17.6. The molecule has 1 aliphatic rings. The molecule has 1 amide bonds. The minimum absolute atomic E-state index is 0.151. The first kappa shape index (κ1) is 20.9.